The lowest BCUT2D eigenvalue weighted by Gasteiger charge is -2.18. The molecule has 1 aromatic carbocycles. The third kappa shape index (κ3) is 4.43. The molecule has 0 spiro atoms. The van der Waals surface area contributed by atoms with E-state index in [1.807, 2.05) is 0 Å². The average molecular weight is 276 g/mol. The zero-order valence-corrected chi connectivity index (χ0v) is 13.6. The molecule has 0 aliphatic rings. The van der Waals surface area contributed by atoms with Gasteiger partial charge in [-0.05, 0) is 61.3 Å². The summed E-state index contributed by atoms with van der Waals surface area (Å²) in [5.41, 5.74) is 18.7. The van der Waals surface area contributed by atoms with Crippen LogP contribution in [0.25, 0.3) is 0 Å². The molecule has 0 amide bonds. The molecule has 114 valence electrons. The molecule has 0 aliphatic heterocycles. The fraction of sp³-hybridized carbons (Fsp3) is 0.667. The molecule has 0 unspecified atom stereocenters. The highest BCUT2D eigenvalue weighted by Gasteiger charge is 2.14. The summed E-state index contributed by atoms with van der Waals surface area (Å²) in [5, 5.41) is 0. The van der Waals surface area contributed by atoms with Crippen molar-refractivity contribution < 1.29 is 0 Å². The molecule has 1 aromatic rings. The lowest BCUT2D eigenvalue weighted by Crippen LogP contribution is -2.08. The Hall–Kier alpha value is -1.18. The molecule has 0 heterocycles. The quantitative estimate of drug-likeness (QED) is 0.632. The largest absolute Gasteiger partial charge is 0.398 e. The summed E-state index contributed by atoms with van der Waals surface area (Å²) in [7, 11) is 0. The van der Waals surface area contributed by atoms with Crippen molar-refractivity contribution in [1.82, 2.24) is 0 Å². The molecule has 1 rings (SSSR count). The van der Waals surface area contributed by atoms with E-state index in [4.69, 9.17) is 11.5 Å². The molecule has 4 N–H and O–H groups in total. The summed E-state index contributed by atoms with van der Waals surface area (Å²) in [6.45, 7) is 6.67. The zero-order chi connectivity index (χ0) is 15.0. The monoisotopic (exact) mass is 276 g/mol. The number of rotatable bonds is 9. The molecule has 0 bridgehead atoms. The Labute approximate surface area is 124 Å². The van der Waals surface area contributed by atoms with Crippen LogP contribution in [-0.4, -0.2) is 0 Å². The number of hydrogen-bond donors (Lipinski definition) is 2. The maximum atomic E-state index is 6.45. The highest BCUT2D eigenvalue weighted by molar-refractivity contribution is 5.66. The number of unbranched alkanes of at least 4 members (excludes halogenated alkanes) is 3. The number of nitrogens with two attached hydrogens (primary N) is 2. The van der Waals surface area contributed by atoms with Crippen LogP contribution >= 0.6 is 0 Å². The van der Waals surface area contributed by atoms with Gasteiger partial charge in [-0.2, -0.15) is 0 Å². The van der Waals surface area contributed by atoms with Gasteiger partial charge in [0.25, 0.3) is 0 Å². The second kappa shape index (κ2) is 8.89. The number of benzene rings is 1. The summed E-state index contributed by atoms with van der Waals surface area (Å²) in [5.74, 6) is 0. The first-order valence-corrected chi connectivity index (χ1v) is 8.34. The van der Waals surface area contributed by atoms with Crippen LogP contribution < -0.4 is 11.5 Å². The van der Waals surface area contributed by atoms with Crippen molar-refractivity contribution in [2.24, 2.45) is 0 Å². The summed E-state index contributed by atoms with van der Waals surface area (Å²) in [4.78, 5) is 0. The zero-order valence-electron chi connectivity index (χ0n) is 13.6. The van der Waals surface area contributed by atoms with Gasteiger partial charge in [0.05, 0.1) is 0 Å². The molecule has 0 atom stereocenters. The molecule has 2 heteroatoms. The molecule has 0 fully saturated rings. The van der Waals surface area contributed by atoms with Crippen LogP contribution in [-0.2, 0) is 19.3 Å². The van der Waals surface area contributed by atoms with Gasteiger partial charge >= 0.3 is 0 Å². The van der Waals surface area contributed by atoms with Gasteiger partial charge in [-0.25, -0.2) is 0 Å². The van der Waals surface area contributed by atoms with Gasteiger partial charge in [-0.1, -0.05) is 40.0 Å². The van der Waals surface area contributed by atoms with Gasteiger partial charge < -0.3 is 11.5 Å². The Bertz CT molecular complexity index is 410. The molecule has 0 saturated carbocycles. The second-order valence-corrected chi connectivity index (χ2v) is 5.81. The van der Waals surface area contributed by atoms with E-state index in [2.05, 4.69) is 26.8 Å². The van der Waals surface area contributed by atoms with Crippen molar-refractivity contribution in [3.05, 3.63) is 22.8 Å². The van der Waals surface area contributed by atoms with E-state index in [1.54, 1.807) is 0 Å². The second-order valence-electron chi connectivity index (χ2n) is 5.81. The number of anilines is 2. The maximum Gasteiger partial charge on any atom is 0.0383 e. The summed E-state index contributed by atoms with van der Waals surface area (Å²) < 4.78 is 0. The molecule has 0 radical (unpaired) electrons. The van der Waals surface area contributed by atoms with E-state index >= 15 is 0 Å². The van der Waals surface area contributed by atoms with Crippen LogP contribution in [0.5, 0.6) is 0 Å². The van der Waals surface area contributed by atoms with Crippen molar-refractivity contribution in [2.75, 3.05) is 11.5 Å². The molecule has 20 heavy (non-hydrogen) atoms. The minimum atomic E-state index is 0.963. The van der Waals surface area contributed by atoms with Gasteiger partial charge in [-0.3, -0.25) is 0 Å². The van der Waals surface area contributed by atoms with E-state index in [1.165, 1.54) is 55.2 Å². The fourth-order valence-electron chi connectivity index (χ4n) is 2.75. The number of aryl methyl sites for hydroxylation is 1. The highest BCUT2D eigenvalue weighted by Crippen LogP contribution is 2.31. The van der Waals surface area contributed by atoms with Crippen LogP contribution in [0, 0.1) is 0 Å². The summed E-state index contributed by atoms with van der Waals surface area (Å²) in [6.07, 6.45) is 10.4. The van der Waals surface area contributed by atoms with Gasteiger partial charge in [0.1, 0.15) is 0 Å². The topological polar surface area (TPSA) is 52.0 Å². The Kier molecular flexibility index (Phi) is 7.50. The first-order valence-electron chi connectivity index (χ1n) is 8.34. The van der Waals surface area contributed by atoms with Crippen molar-refractivity contribution in [2.45, 2.75) is 78.6 Å². The Morgan fingerprint density at radius 1 is 0.750 bits per heavy atom. The highest BCUT2D eigenvalue weighted by atomic mass is 14.6. The smallest absolute Gasteiger partial charge is 0.0383 e. The molecule has 0 aromatic heterocycles. The molecule has 0 aliphatic carbocycles. The molecular formula is C18H32N2. The van der Waals surface area contributed by atoms with E-state index in [0.717, 1.165) is 30.6 Å². The number of hydrogen-bond acceptors (Lipinski definition) is 2. The summed E-state index contributed by atoms with van der Waals surface area (Å²) >= 11 is 0. The number of nitrogen functional groups attached to an aromatic ring is 2. The van der Waals surface area contributed by atoms with Crippen molar-refractivity contribution in [1.29, 1.82) is 0 Å². The lowest BCUT2D eigenvalue weighted by atomic mass is 9.90. The molecule has 0 saturated heterocycles. The third-order valence-corrected chi connectivity index (χ3v) is 4.07. The van der Waals surface area contributed by atoms with E-state index < -0.39 is 0 Å². The van der Waals surface area contributed by atoms with E-state index in [-0.39, 0.29) is 0 Å². The summed E-state index contributed by atoms with van der Waals surface area (Å²) in [6, 6.07) is 2.13. The standard InChI is InChI=1S/C18H32N2/c1-4-7-10-14-13-17(19)15(11-8-5-2)16(18(14)20)12-9-6-3/h13H,4-12,19-20H2,1-3H3. The predicted molar refractivity (Wildman–Crippen MR) is 91.1 cm³/mol. The van der Waals surface area contributed by atoms with E-state index in [0.29, 0.717) is 0 Å². The molecule has 2 nitrogen and oxygen atoms in total. The third-order valence-electron chi connectivity index (χ3n) is 4.07. The average Bonchev–Trinajstić information content (AvgIpc) is 2.45. The minimum Gasteiger partial charge on any atom is -0.398 e. The van der Waals surface area contributed by atoms with Gasteiger partial charge in [0.15, 0.2) is 0 Å². The fourth-order valence-corrected chi connectivity index (χ4v) is 2.75. The van der Waals surface area contributed by atoms with Crippen molar-refractivity contribution >= 4 is 11.4 Å². The van der Waals surface area contributed by atoms with Gasteiger partial charge in [0, 0.05) is 11.4 Å². The maximum absolute atomic E-state index is 6.45. The van der Waals surface area contributed by atoms with Crippen LogP contribution in [0.3, 0.4) is 0 Å². The normalized spacial score (nSPS) is 10.9. The van der Waals surface area contributed by atoms with Crippen LogP contribution in [0.4, 0.5) is 11.4 Å². The lowest BCUT2D eigenvalue weighted by molar-refractivity contribution is 0.755. The Balaban J connectivity index is 3.11. The Morgan fingerprint density at radius 2 is 1.25 bits per heavy atom. The molecular weight excluding hydrogens is 244 g/mol. The van der Waals surface area contributed by atoms with Crippen LogP contribution in [0.15, 0.2) is 6.07 Å². The van der Waals surface area contributed by atoms with E-state index in [9.17, 15) is 0 Å². The minimum absolute atomic E-state index is 0.963. The SMILES string of the molecule is CCCCc1cc(N)c(CCCC)c(CCCC)c1N. The first kappa shape index (κ1) is 16.9. The van der Waals surface area contributed by atoms with Crippen molar-refractivity contribution in [3.63, 3.8) is 0 Å². The van der Waals surface area contributed by atoms with Gasteiger partial charge in [-0.15, -0.1) is 0 Å². The predicted octanol–water partition coefficient (Wildman–Crippen LogP) is 4.88. The first-order chi connectivity index (χ1) is 9.65. The Morgan fingerprint density at radius 3 is 1.80 bits per heavy atom. The van der Waals surface area contributed by atoms with Crippen molar-refractivity contribution in [3.8, 4) is 0 Å². The van der Waals surface area contributed by atoms with Crippen LogP contribution in [0.2, 0.25) is 0 Å². The van der Waals surface area contributed by atoms with Crippen LogP contribution in [0.1, 0.15) is 76.0 Å². The van der Waals surface area contributed by atoms with Gasteiger partial charge in [0.2, 0.25) is 0 Å².